The van der Waals surface area contributed by atoms with Crippen molar-refractivity contribution in [1.82, 2.24) is 9.88 Å². The predicted molar refractivity (Wildman–Crippen MR) is 95.1 cm³/mol. The number of nitrogens with zero attached hydrogens (tertiary/aromatic N) is 2. The molecule has 1 aliphatic rings. The number of esters is 1. The quantitative estimate of drug-likeness (QED) is 0.847. The highest BCUT2D eigenvalue weighted by molar-refractivity contribution is 5.97. The highest BCUT2D eigenvalue weighted by atomic mass is 16.5. The number of aromatic nitrogens is 1. The molecule has 1 aromatic carbocycles. The van der Waals surface area contributed by atoms with Crippen molar-refractivity contribution in [2.24, 2.45) is 0 Å². The van der Waals surface area contributed by atoms with Gasteiger partial charge in [0.15, 0.2) is 0 Å². The molecule has 0 bridgehead atoms. The van der Waals surface area contributed by atoms with Crippen molar-refractivity contribution in [3.8, 4) is 0 Å². The molecule has 0 spiro atoms. The Bertz CT molecular complexity index is 770. The molecule has 25 heavy (non-hydrogen) atoms. The Labute approximate surface area is 146 Å². The van der Waals surface area contributed by atoms with E-state index in [0.29, 0.717) is 29.1 Å². The molecule has 2 aromatic rings. The fourth-order valence-corrected chi connectivity index (χ4v) is 2.86. The van der Waals surface area contributed by atoms with Crippen LogP contribution in [0, 0.1) is 0 Å². The summed E-state index contributed by atoms with van der Waals surface area (Å²) in [4.78, 5) is 30.6. The van der Waals surface area contributed by atoms with Crippen LogP contribution in [0.15, 0.2) is 42.7 Å². The zero-order chi connectivity index (χ0) is 17.6. The predicted octanol–water partition coefficient (Wildman–Crippen LogP) is 3.24. The smallest absolute Gasteiger partial charge is 0.340 e. The largest absolute Gasteiger partial charge is 0.462 e. The minimum Gasteiger partial charge on any atom is -0.462 e. The van der Waals surface area contributed by atoms with Gasteiger partial charge in [0.05, 0.1) is 35.3 Å². The molecular weight excluding hydrogens is 318 g/mol. The maximum absolute atomic E-state index is 12.5. The number of nitrogens with one attached hydrogen (secondary N) is 1. The maximum atomic E-state index is 12.5. The minimum absolute atomic E-state index is 0.00710. The SMILES string of the molecule is CCOC(=O)c1ccccc1Nc1cncc(C(=O)N2CCCC2)c1. The first kappa shape index (κ1) is 17.0. The van der Waals surface area contributed by atoms with Gasteiger partial charge in [0, 0.05) is 19.3 Å². The highest BCUT2D eigenvalue weighted by Crippen LogP contribution is 2.22. The molecule has 2 heterocycles. The Morgan fingerprint density at radius 2 is 1.96 bits per heavy atom. The number of carbonyl (C=O) groups is 2. The minimum atomic E-state index is -0.386. The van der Waals surface area contributed by atoms with Gasteiger partial charge in [-0.05, 0) is 38.0 Å². The topological polar surface area (TPSA) is 71.5 Å². The number of amides is 1. The van der Waals surface area contributed by atoms with E-state index in [4.69, 9.17) is 4.74 Å². The lowest BCUT2D eigenvalue weighted by Gasteiger charge is -2.16. The van der Waals surface area contributed by atoms with Gasteiger partial charge < -0.3 is 15.0 Å². The normalized spacial score (nSPS) is 13.6. The van der Waals surface area contributed by atoms with Crippen LogP contribution < -0.4 is 5.32 Å². The number of para-hydroxylation sites is 1. The summed E-state index contributed by atoms with van der Waals surface area (Å²) in [6, 6.07) is 8.87. The molecule has 3 rings (SSSR count). The Morgan fingerprint density at radius 3 is 2.72 bits per heavy atom. The summed E-state index contributed by atoms with van der Waals surface area (Å²) in [6.45, 7) is 3.67. The van der Waals surface area contributed by atoms with Crippen molar-refractivity contribution in [2.45, 2.75) is 19.8 Å². The van der Waals surface area contributed by atoms with Gasteiger partial charge in [-0.2, -0.15) is 0 Å². The third-order valence-electron chi connectivity index (χ3n) is 4.08. The second-order valence-electron chi connectivity index (χ2n) is 5.85. The van der Waals surface area contributed by atoms with Crippen molar-refractivity contribution in [3.63, 3.8) is 0 Å². The molecule has 6 nitrogen and oxygen atoms in total. The average Bonchev–Trinajstić information content (AvgIpc) is 3.16. The van der Waals surface area contributed by atoms with Crippen LogP contribution in [-0.2, 0) is 4.74 Å². The van der Waals surface area contributed by atoms with Crippen molar-refractivity contribution in [2.75, 3.05) is 25.0 Å². The lowest BCUT2D eigenvalue weighted by atomic mass is 10.1. The fourth-order valence-electron chi connectivity index (χ4n) is 2.86. The number of likely N-dealkylation sites (tertiary alicyclic amines) is 1. The first-order valence-electron chi connectivity index (χ1n) is 8.46. The molecule has 0 radical (unpaired) electrons. The standard InChI is InChI=1S/C19H21N3O3/c1-2-25-19(24)16-7-3-4-8-17(16)21-15-11-14(12-20-13-15)18(23)22-9-5-6-10-22/h3-4,7-8,11-13,21H,2,5-6,9-10H2,1H3. The number of benzene rings is 1. The number of anilines is 2. The third-order valence-corrected chi connectivity index (χ3v) is 4.08. The molecule has 0 atom stereocenters. The van der Waals surface area contributed by atoms with Gasteiger partial charge in [0.25, 0.3) is 5.91 Å². The molecular formula is C19H21N3O3. The van der Waals surface area contributed by atoms with Crippen LogP contribution in [-0.4, -0.2) is 41.5 Å². The summed E-state index contributed by atoms with van der Waals surface area (Å²) < 4.78 is 5.08. The summed E-state index contributed by atoms with van der Waals surface area (Å²) in [5, 5.41) is 3.16. The highest BCUT2D eigenvalue weighted by Gasteiger charge is 2.20. The van der Waals surface area contributed by atoms with Gasteiger partial charge in [-0.15, -0.1) is 0 Å². The molecule has 6 heteroatoms. The van der Waals surface area contributed by atoms with Crippen molar-refractivity contribution in [1.29, 1.82) is 0 Å². The van der Waals surface area contributed by atoms with Gasteiger partial charge in [-0.25, -0.2) is 4.79 Å². The maximum Gasteiger partial charge on any atom is 0.340 e. The Balaban J connectivity index is 1.81. The van der Waals surface area contributed by atoms with Crippen molar-refractivity contribution in [3.05, 3.63) is 53.9 Å². The number of rotatable bonds is 5. The zero-order valence-corrected chi connectivity index (χ0v) is 14.2. The summed E-state index contributed by atoms with van der Waals surface area (Å²) in [6.07, 6.45) is 5.29. The van der Waals surface area contributed by atoms with Gasteiger partial charge in [-0.1, -0.05) is 12.1 Å². The van der Waals surface area contributed by atoms with E-state index in [9.17, 15) is 9.59 Å². The van der Waals surface area contributed by atoms with Crippen LogP contribution in [0.1, 0.15) is 40.5 Å². The molecule has 1 fully saturated rings. The van der Waals surface area contributed by atoms with Crippen LogP contribution in [0.5, 0.6) is 0 Å². The molecule has 1 N–H and O–H groups in total. The molecule has 1 aliphatic heterocycles. The lowest BCUT2D eigenvalue weighted by molar-refractivity contribution is 0.0527. The Morgan fingerprint density at radius 1 is 1.20 bits per heavy atom. The first-order chi connectivity index (χ1) is 12.2. The van der Waals surface area contributed by atoms with E-state index in [0.717, 1.165) is 25.9 Å². The molecule has 0 saturated carbocycles. The van der Waals surface area contributed by atoms with E-state index in [1.54, 1.807) is 43.6 Å². The fraction of sp³-hybridized carbons (Fsp3) is 0.316. The zero-order valence-electron chi connectivity index (χ0n) is 14.2. The molecule has 0 aliphatic carbocycles. The van der Waals surface area contributed by atoms with Crippen LogP contribution in [0.4, 0.5) is 11.4 Å². The average molecular weight is 339 g/mol. The Hall–Kier alpha value is -2.89. The van der Waals surface area contributed by atoms with E-state index in [2.05, 4.69) is 10.3 Å². The molecule has 1 aromatic heterocycles. The summed E-state index contributed by atoms with van der Waals surface area (Å²) in [5.41, 5.74) is 2.26. The van der Waals surface area contributed by atoms with Crippen molar-refractivity contribution >= 4 is 23.3 Å². The van der Waals surface area contributed by atoms with Gasteiger partial charge >= 0.3 is 5.97 Å². The molecule has 1 amide bonds. The molecule has 0 unspecified atom stereocenters. The number of hydrogen-bond acceptors (Lipinski definition) is 5. The van der Waals surface area contributed by atoms with Gasteiger partial charge in [-0.3, -0.25) is 9.78 Å². The van der Waals surface area contributed by atoms with Gasteiger partial charge in [0.1, 0.15) is 0 Å². The second-order valence-corrected chi connectivity index (χ2v) is 5.85. The number of pyridine rings is 1. The number of hydrogen-bond donors (Lipinski definition) is 1. The van der Waals surface area contributed by atoms with Crippen LogP contribution in [0.2, 0.25) is 0 Å². The van der Waals surface area contributed by atoms with Crippen LogP contribution >= 0.6 is 0 Å². The first-order valence-corrected chi connectivity index (χ1v) is 8.46. The van der Waals surface area contributed by atoms with Crippen molar-refractivity contribution < 1.29 is 14.3 Å². The number of ether oxygens (including phenoxy) is 1. The third kappa shape index (κ3) is 3.96. The van der Waals surface area contributed by atoms with Gasteiger partial charge in [0.2, 0.25) is 0 Å². The van der Waals surface area contributed by atoms with E-state index in [-0.39, 0.29) is 11.9 Å². The molecule has 1 saturated heterocycles. The van der Waals surface area contributed by atoms with Crippen LogP contribution in [0.25, 0.3) is 0 Å². The lowest BCUT2D eigenvalue weighted by Crippen LogP contribution is -2.27. The second kappa shape index (κ2) is 7.79. The molecule has 130 valence electrons. The Kier molecular flexibility index (Phi) is 5.28. The monoisotopic (exact) mass is 339 g/mol. The van der Waals surface area contributed by atoms with Crippen LogP contribution in [0.3, 0.4) is 0 Å². The van der Waals surface area contributed by atoms with E-state index in [1.807, 2.05) is 11.0 Å². The number of carbonyl (C=O) groups excluding carboxylic acids is 2. The summed E-state index contributed by atoms with van der Waals surface area (Å²) >= 11 is 0. The van der Waals surface area contributed by atoms with E-state index >= 15 is 0 Å². The van der Waals surface area contributed by atoms with E-state index in [1.165, 1.54) is 0 Å². The van der Waals surface area contributed by atoms with E-state index < -0.39 is 0 Å². The summed E-state index contributed by atoms with van der Waals surface area (Å²) in [5.74, 6) is -0.393. The summed E-state index contributed by atoms with van der Waals surface area (Å²) in [7, 11) is 0.